The van der Waals surface area contributed by atoms with Crippen LogP contribution in [0.4, 0.5) is 5.82 Å². The molecule has 2 aromatic heterocycles. The van der Waals surface area contributed by atoms with Crippen LogP contribution in [0.25, 0.3) is 0 Å². The number of carbonyl (C=O) groups is 1. The standard InChI is InChI=1S/C26H35N5O/c1-19-22-11-6-16-30(18-21-10-4-5-15-27-21)26(22)29-25(28-19)23-12-7-17-31(23)24(32)14-13-20-8-2-3-9-20/h4-5,10,15,20,23H,2-3,6-9,11-14,16-18H2,1H3/t23-/m0/s1. The molecule has 5 rings (SSSR count). The summed E-state index contributed by atoms with van der Waals surface area (Å²) in [5.74, 6) is 2.93. The number of carbonyl (C=O) groups excluding carboxylic acids is 1. The third kappa shape index (κ3) is 4.50. The van der Waals surface area contributed by atoms with E-state index in [1.807, 2.05) is 18.3 Å². The van der Waals surface area contributed by atoms with Crippen LogP contribution in [0.15, 0.2) is 24.4 Å². The Morgan fingerprint density at radius 3 is 2.75 bits per heavy atom. The highest BCUT2D eigenvalue weighted by Crippen LogP contribution is 2.36. The average Bonchev–Trinajstić information content (AvgIpc) is 3.51. The van der Waals surface area contributed by atoms with Crippen LogP contribution in [0.3, 0.4) is 0 Å². The molecule has 3 aliphatic rings. The predicted octanol–water partition coefficient (Wildman–Crippen LogP) is 4.77. The molecule has 0 N–H and O–H groups in total. The number of pyridine rings is 1. The molecule has 2 aliphatic heterocycles. The number of aromatic nitrogens is 3. The SMILES string of the molecule is Cc1nc([C@@H]2CCCN2C(=O)CCC2CCCC2)nc2c1CCCN2Cc1ccccn1. The number of rotatable bonds is 6. The fourth-order valence-corrected chi connectivity index (χ4v) is 5.80. The van der Waals surface area contributed by atoms with E-state index in [0.717, 1.165) is 80.7 Å². The minimum atomic E-state index is 0.0219. The van der Waals surface area contributed by atoms with Gasteiger partial charge in [0.2, 0.25) is 5.91 Å². The van der Waals surface area contributed by atoms with Crippen molar-refractivity contribution in [1.29, 1.82) is 0 Å². The van der Waals surface area contributed by atoms with Crippen LogP contribution in [-0.2, 0) is 17.8 Å². The summed E-state index contributed by atoms with van der Waals surface area (Å²) in [5, 5.41) is 0. The van der Waals surface area contributed by atoms with E-state index in [0.29, 0.717) is 12.3 Å². The normalized spacial score (nSPS) is 21.2. The molecule has 4 heterocycles. The number of anilines is 1. The molecule has 1 amide bonds. The van der Waals surface area contributed by atoms with Crippen LogP contribution in [0.5, 0.6) is 0 Å². The highest BCUT2D eigenvalue weighted by Gasteiger charge is 2.34. The van der Waals surface area contributed by atoms with Gasteiger partial charge in [0.05, 0.1) is 18.3 Å². The number of hydrogen-bond donors (Lipinski definition) is 0. The first kappa shape index (κ1) is 21.4. The third-order valence-corrected chi connectivity index (χ3v) is 7.56. The van der Waals surface area contributed by atoms with Gasteiger partial charge < -0.3 is 9.80 Å². The lowest BCUT2D eigenvalue weighted by Crippen LogP contribution is -2.34. The van der Waals surface area contributed by atoms with Crippen LogP contribution in [0.1, 0.15) is 86.6 Å². The summed E-state index contributed by atoms with van der Waals surface area (Å²) < 4.78 is 0. The first-order valence-corrected chi connectivity index (χ1v) is 12.5. The molecule has 6 nitrogen and oxygen atoms in total. The first-order chi connectivity index (χ1) is 15.7. The van der Waals surface area contributed by atoms with Crippen molar-refractivity contribution in [3.63, 3.8) is 0 Å². The molecule has 2 fully saturated rings. The monoisotopic (exact) mass is 433 g/mol. The van der Waals surface area contributed by atoms with Crippen molar-refractivity contribution in [3.05, 3.63) is 47.2 Å². The lowest BCUT2D eigenvalue weighted by molar-refractivity contribution is -0.132. The number of likely N-dealkylation sites (tertiary alicyclic amines) is 1. The van der Waals surface area contributed by atoms with Gasteiger partial charge in [-0.1, -0.05) is 31.7 Å². The number of hydrogen-bond acceptors (Lipinski definition) is 5. The molecule has 0 aromatic carbocycles. The zero-order chi connectivity index (χ0) is 21.9. The Labute approximate surface area is 191 Å². The van der Waals surface area contributed by atoms with E-state index < -0.39 is 0 Å². The summed E-state index contributed by atoms with van der Waals surface area (Å²) in [7, 11) is 0. The molecule has 1 atom stereocenters. The molecule has 0 unspecified atom stereocenters. The van der Waals surface area contributed by atoms with Crippen LogP contribution in [-0.4, -0.2) is 38.8 Å². The molecule has 0 spiro atoms. The Balaban J connectivity index is 1.35. The third-order valence-electron chi connectivity index (χ3n) is 7.56. The maximum Gasteiger partial charge on any atom is 0.223 e. The van der Waals surface area contributed by atoms with Gasteiger partial charge in [0.25, 0.3) is 0 Å². The second-order valence-corrected chi connectivity index (χ2v) is 9.75. The largest absolute Gasteiger partial charge is 0.350 e. The van der Waals surface area contributed by atoms with E-state index in [-0.39, 0.29) is 6.04 Å². The van der Waals surface area contributed by atoms with Crippen molar-refractivity contribution in [1.82, 2.24) is 19.9 Å². The maximum atomic E-state index is 13.1. The van der Waals surface area contributed by atoms with Gasteiger partial charge in [-0.25, -0.2) is 9.97 Å². The smallest absolute Gasteiger partial charge is 0.223 e. The molecule has 0 bridgehead atoms. The topological polar surface area (TPSA) is 62.2 Å². The lowest BCUT2D eigenvalue weighted by Gasteiger charge is -2.32. The molecule has 1 saturated heterocycles. The molecule has 1 aliphatic carbocycles. The Morgan fingerprint density at radius 1 is 1.06 bits per heavy atom. The van der Waals surface area contributed by atoms with Gasteiger partial charge in [-0.2, -0.15) is 0 Å². The number of nitrogens with zero attached hydrogens (tertiary/aromatic N) is 5. The molecule has 6 heteroatoms. The fraction of sp³-hybridized carbons (Fsp3) is 0.615. The van der Waals surface area contributed by atoms with Crippen molar-refractivity contribution in [2.24, 2.45) is 5.92 Å². The summed E-state index contributed by atoms with van der Waals surface area (Å²) in [6, 6.07) is 6.09. The lowest BCUT2D eigenvalue weighted by atomic mass is 10.0. The van der Waals surface area contributed by atoms with E-state index >= 15 is 0 Å². The minimum Gasteiger partial charge on any atom is -0.350 e. The first-order valence-electron chi connectivity index (χ1n) is 12.5. The van der Waals surface area contributed by atoms with Gasteiger partial charge in [-0.3, -0.25) is 9.78 Å². The molecule has 1 saturated carbocycles. The summed E-state index contributed by atoms with van der Waals surface area (Å²) in [6.07, 6.45) is 13.0. The van der Waals surface area contributed by atoms with Crippen molar-refractivity contribution in [2.75, 3.05) is 18.0 Å². The summed E-state index contributed by atoms with van der Waals surface area (Å²) >= 11 is 0. The molecule has 32 heavy (non-hydrogen) atoms. The number of aryl methyl sites for hydroxylation is 1. The second-order valence-electron chi connectivity index (χ2n) is 9.75. The molecule has 2 aromatic rings. The Bertz CT molecular complexity index is 941. The van der Waals surface area contributed by atoms with Gasteiger partial charge in [-0.15, -0.1) is 0 Å². The zero-order valence-corrected chi connectivity index (χ0v) is 19.3. The van der Waals surface area contributed by atoms with E-state index in [1.165, 1.54) is 31.2 Å². The Morgan fingerprint density at radius 2 is 1.94 bits per heavy atom. The molecule has 170 valence electrons. The van der Waals surface area contributed by atoms with Crippen molar-refractivity contribution >= 4 is 11.7 Å². The molecular weight excluding hydrogens is 398 g/mol. The summed E-state index contributed by atoms with van der Waals surface area (Å²) in [5.41, 5.74) is 3.39. The van der Waals surface area contributed by atoms with Gasteiger partial charge in [-0.05, 0) is 57.1 Å². The number of fused-ring (bicyclic) bond motifs is 1. The van der Waals surface area contributed by atoms with Crippen molar-refractivity contribution in [3.8, 4) is 0 Å². The highest BCUT2D eigenvalue weighted by molar-refractivity contribution is 5.77. The van der Waals surface area contributed by atoms with Crippen molar-refractivity contribution in [2.45, 2.75) is 83.7 Å². The fourth-order valence-electron chi connectivity index (χ4n) is 5.80. The van der Waals surface area contributed by atoms with E-state index in [2.05, 4.69) is 27.8 Å². The van der Waals surface area contributed by atoms with Crippen LogP contribution >= 0.6 is 0 Å². The van der Waals surface area contributed by atoms with E-state index in [9.17, 15) is 4.79 Å². The minimum absolute atomic E-state index is 0.0219. The highest BCUT2D eigenvalue weighted by atomic mass is 16.2. The Kier molecular flexibility index (Phi) is 6.37. The second kappa shape index (κ2) is 9.55. The van der Waals surface area contributed by atoms with Gasteiger partial charge >= 0.3 is 0 Å². The molecular formula is C26H35N5O. The number of amides is 1. The quantitative estimate of drug-likeness (QED) is 0.657. The van der Waals surface area contributed by atoms with Crippen LogP contribution in [0.2, 0.25) is 0 Å². The summed E-state index contributed by atoms with van der Waals surface area (Å²) in [6.45, 7) is 4.69. The van der Waals surface area contributed by atoms with Crippen LogP contribution < -0.4 is 4.90 Å². The zero-order valence-electron chi connectivity index (χ0n) is 19.3. The van der Waals surface area contributed by atoms with E-state index in [1.54, 1.807) is 0 Å². The van der Waals surface area contributed by atoms with Gasteiger partial charge in [0.1, 0.15) is 5.82 Å². The predicted molar refractivity (Wildman–Crippen MR) is 125 cm³/mol. The average molecular weight is 434 g/mol. The Hall–Kier alpha value is -2.50. The maximum absolute atomic E-state index is 13.1. The van der Waals surface area contributed by atoms with Gasteiger partial charge in [0.15, 0.2) is 5.82 Å². The summed E-state index contributed by atoms with van der Waals surface area (Å²) in [4.78, 5) is 32.1. The van der Waals surface area contributed by atoms with Crippen molar-refractivity contribution < 1.29 is 4.79 Å². The van der Waals surface area contributed by atoms with Crippen LogP contribution in [0, 0.1) is 12.8 Å². The van der Waals surface area contributed by atoms with Gasteiger partial charge in [0, 0.05) is 37.0 Å². The van der Waals surface area contributed by atoms with E-state index in [4.69, 9.17) is 9.97 Å². The molecule has 0 radical (unpaired) electrons.